The molecule has 0 unspecified atom stereocenters. The second kappa shape index (κ2) is 13.3. The van der Waals surface area contributed by atoms with Crippen molar-refractivity contribution < 1.29 is 53.5 Å². The fourth-order valence-corrected chi connectivity index (χ4v) is 1.20. The second-order valence-corrected chi connectivity index (χ2v) is 5.26. The Kier molecular flexibility index (Phi) is 4.04. The molecule has 0 aliphatic carbocycles. The molecule has 0 saturated heterocycles. The first kappa shape index (κ1) is 7.30. The third-order valence-corrected chi connectivity index (χ3v) is 2.21. The van der Waals surface area contributed by atoms with E-state index in [1.54, 1.807) is 18.2 Å². The van der Waals surface area contributed by atoms with Gasteiger partial charge >= 0.3 is 0 Å². The van der Waals surface area contributed by atoms with Crippen LogP contribution in [0.3, 0.4) is 0 Å². The highest BCUT2D eigenvalue weighted by atomic mass is 32.2. The maximum atomic E-state index is 11.2. The maximum Gasteiger partial charge on any atom is 0.264 e. The highest BCUT2D eigenvalue weighted by molar-refractivity contribution is 7.85. The molecule has 0 heterocycles. The lowest BCUT2D eigenvalue weighted by molar-refractivity contribution is -0.00640. The van der Waals surface area contributed by atoms with Crippen LogP contribution in [-0.4, -0.2) is 67.1 Å². The minimum absolute atomic E-state index is 0.322. The molecule has 0 aliphatic rings. The van der Waals surface area contributed by atoms with Crippen LogP contribution in [0.4, 0.5) is 0 Å². The van der Waals surface area contributed by atoms with Gasteiger partial charge in [-0.3, -0.25) is 4.18 Å². The molecule has 7 nitrogen and oxygen atoms in total. The van der Waals surface area contributed by atoms with Crippen molar-refractivity contribution in [2.45, 2.75) is 6.61 Å². The summed E-state index contributed by atoms with van der Waals surface area (Å²) in [5.74, 6) is 0. The van der Waals surface area contributed by atoms with Crippen molar-refractivity contribution in [1.29, 1.82) is 0 Å². The number of hydrogen-bond donors (Lipinski definition) is 0. The lowest BCUT2D eigenvalue weighted by Gasteiger charge is -2.07. The molecule has 24 heavy (non-hydrogen) atoms. The zero-order valence-electron chi connectivity index (χ0n) is 28.4. The molecule has 0 fully saturated rings. The third kappa shape index (κ3) is 13.4. The van der Waals surface area contributed by atoms with E-state index in [2.05, 4.69) is 18.4 Å². The summed E-state index contributed by atoms with van der Waals surface area (Å²) in [7, 11) is -4.70. The minimum atomic E-state index is -4.70. The summed E-state index contributed by atoms with van der Waals surface area (Å²) >= 11 is 0. The number of hydrogen-bond acceptors (Lipinski definition) is 7. The molecule has 0 amide bonds. The molecule has 0 radical (unpaired) electrons. The fraction of sp³-hybridized carbons (Fsp3) is 0.625. The predicted molar refractivity (Wildman–Crippen MR) is 89.4 cm³/mol. The van der Waals surface area contributed by atoms with Crippen LogP contribution in [0.25, 0.3) is 0 Å². The fourth-order valence-electron chi connectivity index (χ4n) is 1.02. The molecule has 0 saturated carbocycles. The molecule has 8 heteroatoms. The van der Waals surface area contributed by atoms with E-state index in [1.807, 2.05) is 0 Å². The lowest BCUT2D eigenvalue weighted by atomic mass is 10.2. The average Bonchev–Trinajstić information content (AvgIpc) is 2.68. The normalized spacial score (nSPS) is 26.4. The van der Waals surface area contributed by atoms with Crippen molar-refractivity contribution in [1.82, 2.24) is 0 Å². The van der Waals surface area contributed by atoms with Crippen LogP contribution in [0.1, 0.15) is 27.5 Å². The molecule has 0 bridgehead atoms. The minimum Gasteiger partial charge on any atom is -0.377 e. The Morgan fingerprint density at radius 3 is 1.75 bits per heavy atom. The standard InChI is InChI=1S/C16H26O7S/c1-24(17,18)23-14-13-21-10-9-19-7-8-20-11-12-22-15-16-5-3-2-4-6-16/h2-6H,7-15H2,1H3/i7D2,8D2,9D2,10D2,11D2,12D2,13D2,14D2. The summed E-state index contributed by atoms with van der Waals surface area (Å²) in [4.78, 5) is 0. The van der Waals surface area contributed by atoms with Crippen LogP contribution < -0.4 is 0 Å². The van der Waals surface area contributed by atoms with Crippen LogP contribution in [0.2, 0.25) is 0 Å². The molecule has 1 aromatic carbocycles. The molecular weight excluding hydrogens is 336 g/mol. The highest BCUT2D eigenvalue weighted by Crippen LogP contribution is 1.99. The van der Waals surface area contributed by atoms with E-state index in [1.165, 1.54) is 12.1 Å². The zero-order chi connectivity index (χ0) is 31.9. The van der Waals surface area contributed by atoms with Crippen LogP contribution in [-0.2, 0) is 39.9 Å². The van der Waals surface area contributed by atoms with Crippen LogP contribution >= 0.6 is 0 Å². The van der Waals surface area contributed by atoms with E-state index >= 15 is 0 Å². The smallest absolute Gasteiger partial charge is 0.264 e. The molecule has 0 spiro atoms. The molecular formula is C16H26O7S. The summed E-state index contributed by atoms with van der Waals surface area (Å²) in [5.41, 5.74) is 0.380. The summed E-state index contributed by atoms with van der Waals surface area (Å²) in [6.45, 7) is -32.5. The summed E-state index contributed by atoms with van der Waals surface area (Å²) in [6, 6.07) is 7.77. The van der Waals surface area contributed by atoms with Crippen LogP contribution in [0.15, 0.2) is 30.3 Å². The van der Waals surface area contributed by atoms with E-state index in [0.29, 0.717) is 11.8 Å². The second-order valence-electron chi connectivity index (χ2n) is 3.68. The van der Waals surface area contributed by atoms with Gasteiger partial charge < -0.3 is 18.9 Å². The van der Waals surface area contributed by atoms with Crippen molar-refractivity contribution in [2.75, 3.05) is 58.7 Å². The van der Waals surface area contributed by atoms with E-state index in [9.17, 15) is 8.42 Å². The van der Waals surface area contributed by atoms with Gasteiger partial charge in [-0.05, 0) is 5.56 Å². The van der Waals surface area contributed by atoms with Gasteiger partial charge in [0, 0.05) is 0 Å². The van der Waals surface area contributed by atoms with Crippen LogP contribution in [0, 0.1) is 0 Å². The SMILES string of the molecule is [2H]C([2H])(OCc1ccccc1)C([2H])([2H])OC([2H])([2H])C([2H])([2H])OC([2H])([2H])C([2H])([2H])OC([2H])([2H])C([2H])([2H])OS(C)(=O)=O. The van der Waals surface area contributed by atoms with Gasteiger partial charge in [0.05, 0.1) is 87.3 Å². The number of ether oxygens (including phenoxy) is 4. The topological polar surface area (TPSA) is 80.3 Å². The molecule has 0 atom stereocenters. The van der Waals surface area contributed by atoms with E-state index < -0.39 is 69.2 Å². The maximum absolute atomic E-state index is 11.2. The van der Waals surface area contributed by atoms with E-state index in [4.69, 9.17) is 26.7 Å². The first-order chi connectivity index (χ1) is 17.4. The Morgan fingerprint density at radius 1 is 0.792 bits per heavy atom. The van der Waals surface area contributed by atoms with Crippen molar-refractivity contribution in [3.05, 3.63) is 35.9 Å². The van der Waals surface area contributed by atoms with Crippen LogP contribution in [0.5, 0.6) is 0 Å². The van der Waals surface area contributed by atoms with Crippen molar-refractivity contribution in [3.63, 3.8) is 0 Å². The van der Waals surface area contributed by atoms with Gasteiger partial charge in [-0.2, -0.15) is 8.42 Å². The largest absolute Gasteiger partial charge is 0.377 e. The van der Waals surface area contributed by atoms with Crippen molar-refractivity contribution >= 4 is 10.1 Å². The Bertz CT molecular complexity index is 1110. The zero-order valence-corrected chi connectivity index (χ0v) is 13.2. The highest BCUT2D eigenvalue weighted by Gasteiger charge is 2.00. The quantitative estimate of drug-likeness (QED) is 0.425. The van der Waals surface area contributed by atoms with Gasteiger partial charge in [0.15, 0.2) is 0 Å². The monoisotopic (exact) mass is 378 g/mol. The summed E-state index contributed by atoms with van der Waals surface area (Å²) in [6.07, 6.45) is 0.322. The molecule has 1 aromatic rings. The molecule has 0 N–H and O–H groups in total. The summed E-state index contributed by atoms with van der Waals surface area (Å²) < 4.78 is 166. The van der Waals surface area contributed by atoms with Crippen molar-refractivity contribution in [2.24, 2.45) is 0 Å². The van der Waals surface area contributed by atoms with Gasteiger partial charge in [0.1, 0.15) is 0 Å². The first-order valence-electron chi connectivity index (χ1n) is 14.1. The van der Waals surface area contributed by atoms with Gasteiger partial charge in [0.2, 0.25) is 0 Å². The van der Waals surface area contributed by atoms with E-state index in [-0.39, 0.29) is 0 Å². The molecule has 138 valence electrons. The lowest BCUT2D eigenvalue weighted by Crippen LogP contribution is -2.14. The van der Waals surface area contributed by atoms with Gasteiger partial charge in [-0.15, -0.1) is 0 Å². The average molecular weight is 379 g/mol. The Morgan fingerprint density at radius 2 is 1.25 bits per heavy atom. The van der Waals surface area contributed by atoms with Crippen molar-refractivity contribution in [3.8, 4) is 0 Å². The van der Waals surface area contributed by atoms with Gasteiger partial charge in [-0.25, -0.2) is 0 Å². The third-order valence-electron chi connectivity index (χ3n) is 1.82. The Balaban J connectivity index is 3.15. The first-order valence-corrected chi connectivity index (χ1v) is 7.91. The van der Waals surface area contributed by atoms with Gasteiger partial charge in [-0.1, -0.05) is 30.3 Å². The number of benzene rings is 1. The molecule has 0 aliphatic heterocycles. The van der Waals surface area contributed by atoms with Gasteiger partial charge in [0.25, 0.3) is 10.1 Å². The molecule has 1 rings (SSSR count). The van der Waals surface area contributed by atoms with E-state index in [0.717, 1.165) is 0 Å². The predicted octanol–water partition coefficient (Wildman–Crippen LogP) is 1.23. The summed E-state index contributed by atoms with van der Waals surface area (Å²) in [5, 5.41) is 0. The molecule has 0 aromatic heterocycles. The Hall–Kier alpha value is -1.03. The Labute approximate surface area is 166 Å². The number of rotatable bonds is 15.